The predicted octanol–water partition coefficient (Wildman–Crippen LogP) is 3.98. The highest BCUT2D eigenvalue weighted by Crippen LogP contribution is 2.17. The van der Waals surface area contributed by atoms with Gasteiger partial charge in [-0.1, -0.05) is 0 Å². The molecule has 32 heavy (non-hydrogen) atoms. The van der Waals surface area contributed by atoms with Crippen molar-refractivity contribution in [1.82, 2.24) is 0 Å². The topological polar surface area (TPSA) is 122 Å². The lowest BCUT2D eigenvalue weighted by molar-refractivity contribution is 0.0599. The third kappa shape index (κ3) is 5.17. The van der Waals surface area contributed by atoms with Gasteiger partial charge in [0.25, 0.3) is 11.8 Å². The van der Waals surface area contributed by atoms with Crippen LogP contribution in [0.5, 0.6) is 0 Å². The van der Waals surface area contributed by atoms with E-state index >= 15 is 0 Å². The molecule has 0 atom stereocenters. The van der Waals surface area contributed by atoms with Gasteiger partial charge in [0.2, 0.25) is 0 Å². The van der Waals surface area contributed by atoms with Crippen molar-refractivity contribution >= 4 is 35.1 Å². The first-order valence-electron chi connectivity index (χ1n) is 9.53. The van der Waals surface area contributed by atoms with Gasteiger partial charge >= 0.3 is 11.9 Å². The van der Waals surface area contributed by atoms with E-state index in [1.165, 1.54) is 43.5 Å². The van der Waals surface area contributed by atoms with E-state index in [0.29, 0.717) is 33.6 Å². The Bertz CT molecular complexity index is 1180. The van der Waals surface area contributed by atoms with Crippen LogP contribution in [0, 0.1) is 6.92 Å². The normalized spacial score (nSPS) is 10.2. The molecule has 2 amide bonds. The van der Waals surface area contributed by atoms with Gasteiger partial charge in [0.05, 0.1) is 18.2 Å². The largest absolute Gasteiger partial charge is 0.478 e. The van der Waals surface area contributed by atoms with E-state index in [1.54, 1.807) is 37.3 Å². The van der Waals surface area contributed by atoms with Gasteiger partial charge in [-0.05, 0) is 79.2 Å². The fourth-order valence-corrected chi connectivity index (χ4v) is 2.97. The van der Waals surface area contributed by atoms with Gasteiger partial charge < -0.3 is 20.5 Å². The lowest BCUT2D eigenvalue weighted by atomic mass is 10.1. The van der Waals surface area contributed by atoms with Crippen molar-refractivity contribution < 1.29 is 29.0 Å². The van der Waals surface area contributed by atoms with Crippen molar-refractivity contribution in [2.45, 2.75) is 6.92 Å². The molecule has 0 fully saturated rings. The summed E-state index contributed by atoms with van der Waals surface area (Å²) < 4.78 is 4.63. The molecule has 0 heterocycles. The second kappa shape index (κ2) is 9.57. The maximum atomic E-state index is 12.5. The SMILES string of the molecule is COC(=O)c1ccc(NC(=O)c2ccc(C(=O)Nc3ccc(C(=O)O)c(C)c3)cc2)cc1. The van der Waals surface area contributed by atoms with Crippen LogP contribution in [0.15, 0.2) is 66.7 Å². The summed E-state index contributed by atoms with van der Waals surface area (Å²) in [5.41, 5.74) is 2.72. The second-order valence-corrected chi connectivity index (χ2v) is 6.89. The molecule has 0 saturated heterocycles. The summed E-state index contributed by atoms with van der Waals surface area (Å²) in [7, 11) is 1.29. The number of esters is 1. The van der Waals surface area contributed by atoms with E-state index in [9.17, 15) is 19.2 Å². The first-order valence-corrected chi connectivity index (χ1v) is 9.53. The number of ether oxygens (including phenoxy) is 1. The van der Waals surface area contributed by atoms with Crippen molar-refractivity contribution in [1.29, 1.82) is 0 Å². The number of methoxy groups -OCH3 is 1. The number of aryl methyl sites for hydroxylation is 1. The van der Waals surface area contributed by atoms with Crippen molar-refractivity contribution in [3.63, 3.8) is 0 Å². The Morgan fingerprint density at radius 2 is 1.19 bits per heavy atom. The fraction of sp³-hybridized carbons (Fsp3) is 0.0833. The molecule has 0 bridgehead atoms. The Balaban J connectivity index is 1.64. The summed E-state index contributed by atoms with van der Waals surface area (Å²) in [5.74, 6) is -2.26. The van der Waals surface area contributed by atoms with Crippen LogP contribution < -0.4 is 10.6 Å². The zero-order chi connectivity index (χ0) is 23.3. The van der Waals surface area contributed by atoms with E-state index in [4.69, 9.17) is 5.11 Å². The Morgan fingerprint density at radius 3 is 1.66 bits per heavy atom. The number of benzene rings is 3. The molecule has 0 aliphatic carbocycles. The third-order valence-electron chi connectivity index (χ3n) is 4.69. The lowest BCUT2D eigenvalue weighted by Crippen LogP contribution is -2.14. The maximum absolute atomic E-state index is 12.5. The Hall–Kier alpha value is -4.46. The highest BCUT2D eigenvalue weighted by atomic mass is 16.5. The molecule has 3 N–H and O–H groups in total. The Kier molecular flexibility index (Phi) is 6.65. The van der Waals surface area contributed by atoms with Gasteiger partial charge in [0, 0.05) is 22.5 Å². The van der Waals surface area contributed by atoms with Crippen LogP contribution in [0.1, 0.15) is 47.0 Å². The van der Waals surface area contributed by atoms with Gasteiger partial charge in [-0.2, -0.15) is 0 Å². The van der Waals surface area contributed by atoms with Crippen molar-refractivity contribution in [3.8, 4) is 0 Å². The van der Waals surface area contributed by atoms with E-state index in [0.717, 1.165) is 0 Å². The standard InChI is InChI=1S/C24H20N2O6/c1-14-13-19(11-12-20(14)23(29)30)26-22(28)16-5-3-15(4-6-16)21(27)25-18-9-7-17(8-10-18)24(31)32-2/h3-13H,1-2H3,(H,25,27)(H,26,28)(H,29,30). The van der Waals surface area contributed by atoms with Crippen LogP contribution in [0.4, 0.5) is 11.4 Å². The van der Waals surface area contributed by atoms with Gasteiger partial charge in [0.15, 0.2) is 0 Å². The van der Waals surface area contributed by atoms with Crippen LogP contribution in [0.25, 0.3) is 0 Å². The molecule has 0 aromatic heterocycles. The number of carboxylic acids is 1. The number of nitrogens with one attached hydrogen (secondary N) is 2. The zero-order valence-electron chi connectivity index (χ0n) is 17.3. The van der Waals surface area contributed by atoms with E-state index in [2.05, 4.69) is 15.4 Å². The molecule has 3 aromatic rings. The van der Waals surface area contributed by atoms with E-state index in [-0.39, 0.29) is 11.5 Å². The monoisotopic (exact) mass is 432 g/mol. The molecule has 3 rings (SSSR count). The zero-order valence-corrected chi connectivity index (χ0v) is 17.3. The number of rotatable bonds is 6. The molecule has 0 unspecified atom stereocenters. The van der Waals surface area contributed by atoms with E-state index < -0.39 is 17.8 Å². The van der Waals surface area contributed by atoms with Crippen LogP contribution in [0.2, 0.25) is 0 Å². The number of hydrogen-bond acceptors (Lipinski definition) is 5. The Labute approximate surface area is 183 Å². The summed E-state index contributed by atoms with van der Waals surface area (Å²) >= 11 is 0. The number of hydrogen-bond donors (Lipinski definition) is 3. The summed E-state index contributed by atoms with van der Waals surface area (Å²) in [6.45, 7) is 1.65. The minimum absolute atomic E-state index is 0.165. The van der Waals surface area contributed by atoms with Crippen LogP contribution in [0.3, 0.4) is 0 Å². The summed E-state index contributed by atoms with van der Waals surface area (Å²) in [4.78, 5) is 47.5. The molecule has 0 spiro atoms. The molecule has 8 nitrogen and oxygen atoms in total. The lowest BCUT2D eigenvalue weighted by Gasteiger charge is -2.09. The average Bonchev–Trinajstić information content (AvgIpc) is 2.79. The number of carbonyl (C=O) groups is 4. The summed E-state index contributed by atoms with van der Waals surface area (Å²) in [6, 6.07) is 16.9. The molecule has 0 saturated carbocycles. The fourth-order valence-electron chi connectivity index (χ4n) is 2.97. The summed E-state index contributed by atoms with van der Waals surface area (Å²) in [6.07, 6.45) is 0. The van der Waals surface area contributed by atoms with Crippen molar-refractivity contribution in [2.75, 3.05) is 17.7 Å². The molecule has 0 aliphatic heterocycles. The molecule has 162 valence electrons. The van der Waals surface area contributed by atoms with Gasteiger partial charge in [-0.3, -0.25) is 9.59 Å². The van der Waals surface area contributed by atoms with Crippen LogP contribution >= 0.6 is 0 Å². The smallest absolute Gasteiger partial charge is 0.337 e. The first-order chi connectivity index (χ1) is 15.3. The highest BCUT2D eigenvalue weighted by Gasteiger charge is 2.12. The first kappa shape index (κ1) is 22.2. The number of anilines is 2. The second-order valence-electron chi connectivity index (χ2n) is 6.89. The molecule has 8 heteroatoms. The Morgan fingerprint density at radius 1 is 0.719 bits per heavy atom. The van der Waals surface area contributed by atoms with Crippen LogP contribution in [-0.4, -0.2) is 36.0 Å². The predicted molar refractivity (Wildman–Crippen MR) is 118 cm³/mol. The molecule has 0 radical (unpaired) electrons. The number of amides is 2. The van der Waals surface area contributed by atoms with Crippen molar-refractivity contribution in [3.05, 3.63) is 94.5 Å². The molecule has 3 aromatic carbocycles. The summed E-state index contributed by atoms with van der Waals surface area (Å²) in [5, 5.41) is 14.5. The third-order valence-corrected chi connectivity index (χ3v) is 4.69. The van der Waals surface area contributed by atoms with Gasteiger partial charge in [-0.15, -0.1) is 0 Å². The van der Waals surface area contributed by atoms with E-state index in [1.807, 2.05) is 0 Å². The van der Waals surface area contributed by atoms with Gasteiger partial charge in [0.1, 0.15) is 0 Å². The van der Waals surface area contributed by atoms with Gasteiger partial charge in [-0.25, -0.2) is 9.59 Å². The average molecular weight is 432 g/mol. The number of carbonyl (C=O) groups excluding carboxylic acids is 3. The minimum Gasteiger partial charge on any atom is -0.478 e. The number of aromatic carboxylic acids is 1. The van der Waals surface area contributed by atoms with Crippen molar-refractivity contribution in [2.24, 2.45) is 0 Å². The minimum atomic E-state index is -1.03. The molecular formula is C24H20N2O6. The van der Waals surface area contributed by atoms with Crippen LogP contribution in [-0.2, 0) is 4.74 Å². The quantitative estimate of drug-likeness (QED) is 0.507. The maximum Gasteiger partial charge on any atom is 0.337 e. The number of carboxylic acid groups (broad SMARTS) is 1. The molecule has 0 aliphatic rings. The highest BCUT2D eigenvalue weighted by molar-refractivity contribution is 6.07. The molecular weight excluding hydrogens is 412 g/mol.